The van der Waals surface area contributed by atoms with Gasteiger partial charge in [-0.15, -0.1) is 11.3 Å². The zero-order valence-corrected chi connectivity index (χ0v) is 10.4. The quantitative estimate of drug-likeness (QED) is 0.649. The van der Waals surface area contributed by atoms with Crippen molar-refractivity contribution < 1.29 is 0 Å². The van der Waals surface area contributed by atoms with Crippen molar-refractivity contribution >= 4 is 43.0 Å². The number of aryl methyl sites for hydroxylation is 1. The highest BCUT2D eigenvalue weighted by atomic mass is 79.9. The number of halogens is 1. The number of rotatable bonds is 2. The molecule has 1 aromatic carbocycles. The van der Waals surface area contributed by atoms with Crippen LogP contribution in [0.15, 0.2) is 17.5 Å². The third kappa shape index (κ3) is 1.44. The molecule has 2 rings (SSSR count). The van der Waals surface area contributed by atoms with E-state index >= 15 is 0 Å². The molecule has 0 spiro atoms. The largest absolute Gasteiger partial charge is 0.398 e. The number of fused-ring (bicyclic) bond motifs is 1. The normalized spacial score (nSPS) is 11.0. The summed E-state index contributed by atoms with van der Waals surface area (Å²) >= 11 is 5.29. The van der Waals surface area contributed by atoms with Gasteiger partial charge in [0.25, 0.3) is 0 Å². The first-order chi connectivity index (χ1) is 6.77. The maximum atomic E-state index is 5.94. The van der Waals surface area contributed by atoms with Crippen LogP contribution in [-0.4, -0.2) is 0 Å². The van der Waals surface area contributed by atoms with Crippen LogP contribution in [0.5, 0.6) is 0 Å². The fourth-order valence-corrected chi connectivity index (χ4v) is 3.57. The number of hydrogen-bond acceptors (Lipinski definition) is 2. The van der Waals surface area contributed by atoms with Crippen LogP contribution in [0, 0.1) is 0 Å². The van der Waals surface area contributed by atoms with E-state index in [1.54, 1.807) is 11.3 Å². The Balaban J connectivity index is 2.76. The molecule has 0 bridgehead atoms. The van der Waals surface area contributed by atoms with Crippen LogP contribution in [-0.2, 0) is 11.8 Å². The average molecular weight is 270 g/mol. The maximum absolute atomic E-state index is 5.94. The van der Waals surface area contributed by atoms with Crippen LogP contribution >= 0.6 is 27.3 Å². The van der Waals surface area contributed by atoms with Gasteiger partial charge in [0.1, 0.15) is 0 Å². The molecule has 1 aromatic heterocycles. The topological polar surface area (TPSA) is 26.0 Å². The number of nitrogen functional groups attached to an aromatic ring is 1. The van der Waals surface area contributed by atoms with Gasteiger partial charge in [0.2, 0.25) is 0 Å². The first kappa shape index (κ1) is 9.99. The van der Waals surface area contributed by atoms with Gasteiger partial charge in [-0.3, -0.25) is 0 Å². The average Bonchev–Trinajstić information content (AvgIpc) is 2.60. The lowest BCUT2D eigenvalue weighted by atomic mass is 10.1. The molecule has 0 amide bonds. The van der Waals surface area contributed by atoms with Gasteiger partial charge < -0.3 is 5.73 Å². The van der Waals surface area contributed by atoms with E-state index in [2.05, 4.69) is 34.3 Å². The summed E-state index contributed by atoms with van der Waals surface area (Å²) in [5, 5.41) is 4.47. The van der Waals surface area contributed by atoms with Crippen molar-refractivity contribution in [1.82, 2.24) is 0 Å². The SMILES string of the molecule is CCc1c(N)ccc2c(CBr)csc12. The van der Waals surface area contributed by atoms with Gasteiger partial charge >= 0.3 is 0 Å². The Hall–Kier alpha value is -0.540. The van der Waals surface area contributed by atoms with Crippen LogP contribution in [0.2, 0.25) is 0 Å². The van der Waals surface area contributed by atoms with Gasteiger partial charge in [-0.05, 0) is 34.4 Å². The molecule has 0 saturated carbocycles. The van der Waals surface area contributed by atoms with Crippen molar-refractivity contribution in [3.63, 3.8) is 0 Å². The first-order valence-electron chi connectivity index (χ1n) is 4.61. The summed E-state index contributed by atoms with van der Waals surface area (Å²) in [4.78, 5) is 0. The molecular weight excluding hydrogens is 258 g/mol. The molecule has 74 valence electrons. The standard InChI is InChI=1S/C11H12BrNS/c1-2-8-10(13)4-3-9-7(5-12)6-14-11(8)9/h3-4,6H,2,5,13H2,1H3. The molecule has 0 saturated heterocycles. The van der Waals surface area contributed by atoms with Gasteiger partial charge in [0.05, 0.1) is 0 Å². The van der Waals surface area contributed by atoms with Gasteiger partial charge in [0, 0.05) is 15.7 Å². The summed E-state index contributed by atoms with van der Waals surface area (Å²) in [6.07, 6.45) is 1.01. The maximum Gasteiger partial charge on any atom is 0.0398 e. The predicted octanol–water partition coefficient (Wildman–Crippen LogP) is 3.94. The fraction of sp³-hybridized carbons (Fsp3) is 0.273. The third-order valence-electron chi connectivity index (χ3n) is 2.46. The lowest BCUT2D eigenvalue weighted by Gasteiger charge is -2.04. The number of thiophene rings is 1. The molecule has 2 N–H and O–H groups in total. The highest BCUT2D eigenvalue weighted by molar-refractivity contribution is 9.08. The van der Waals surface area contributed by atoms with Crippen LogP contribution in [0.25, 0.3) is 10.1 Å². The van der Waals surface area contributed by atoms with E-state index < -0.39 is 0 Å². The van der Waals surface area contributed by atoms with Crippen molar-refractivity contribution in [3.05, 3.63) is 28.6 Å². The summed E-state index contributed by atoms with van der Waals surface area (Å²) in [5.74, 6) is 0. The van der Waals surface area contributed by atoms with Crippen molar-refractivity contribution in [2.75, 3.05) is 5.73 Å². The molecule has 0 radical (unpaired) electrons. The van der Waals surface area contributed by atoms with Crippen molar-refractivity contribution in [2.45, 2.75) is 18.7 Å². The Morgan fingerprint density at radius 1 is 1.43 bits per heavy atom. The Morgan fingerprint density at radius 3 is 2.86 bits per heavy atom. The molecule has 0 aliphatic rings. The molecule has 1 nitrogen and oxygen atoms in total. The molecule has 0 fully saturated rings. The van der Waals surface area contributed by atoms with Gasteiger partial charge in [-0.25, -0.2) is 0 Å². The van der Waals surface area contributed by atoms with E-state index in [1.807, 2.05) is 6.07 Å². The van der Waals surface area contributed by atoms with E-state index in [0.29, 0.717) is 0 Å². The molecule has 0 aliphatic carbocycles. The lowest BCUT2D eigenvalue weighted by molar-refractivity contribution is 1.17. The van der Waals surface area contributed by atoms with Crippen LogP contribution in [0.3, 0.4) is 0 Å². The Morgan fingerprint density at radius 2 is 2.21 bits per heavy atom. The molecule has 0 aliphatic heterocycles. The van der Waals surface area contributed by atoms with Crippen LogP contribution in [0.1, 0.15) is 18.1 Å². The second-order valence-corrected chi connectivity index (χ2v) is 4.70. The number of hydrogen-bond donors (Lipinski definition) is 1. The highest BCUT2D eigenvalue weighted by Crippen LogP contribution is 2.33. The molecule has 0 atom stereocenters. The number of nitrogens with two attached hydrogens (primary N) is 1. The summed E-state index contributed by atoms with van der Waals surface area (Å²) < 4.78 is 1.35. The summed E-state index contributed by atoms with van der Waals surface area (Å²) in [5.41, 5.74) is 9.51. The zero-order valence-electron chi connectivity index (χ0n) is 8.01. The second-order valence-electron chi connectivity index (χ2n) is 3.26. The lowest BCUT2D eigenvalue weighted by Crippen LogP contribution is -1.92. The van der Waals surface area contributed by atoms with Gasteiger partial charge in [-0.1, -0.05) is 28.9 Å². The van der Waals surface area contributed by atoms with Crippen LogP contribution < -0.4 is 5.73 Å². The predicted molar refractivity (Wildman–Crippen MR) is 68.2 cm³/mol. The molecular formula is C11H12BrNS. The minimum atomic E-state index is 0.917. The third-order valence-corrected chi connectivity index (χ3v) is 4.17. The molecule has 14 heavy (non-hydrogen) atoms. The number of alkyl halides is 1. The smallest absolute Gasteiger partial charge is 0.0398 e. The number of benzene rings is 1. The molecule has 1 heterocycles. The van der Waals surface area contributed by atoms with E-state index in [0.717, 1.165) is 17.4 Å². The van der Waals surface area contributed by atoms with E-state index in [4.69, 9.17) is 5.73 Å². The minimum absolute atomic E-state index is 0.917. The van der Waals surface area contributed by atoms with Gasteiger partial charge in [0.15, 0.2) is 0 Å². The molecule has 2 aromatic rings. The summed E-state index contributed by atoms with van der Waals surface area (Å²) in [6, 6.07) is 4.14. The zero-order chi connectivity index (χ0) is 10.1. The fourth-order valence-electron chi connectivity index (χ4n) is 1.69. The van der Waals surface area contributed by atoms with E-state index in [9.17, 15) is 0 Å². The summed E-state index contributed by atoms with van der Waals surface area (Å²) in [6.45, 7) is 2.15. The Labute approximate surface area is 96.1 Å². The van der Waals surface area contributed by atoms with Crippen molar-refractivity contribution in [3.8, 4) is 0 Å². The summed E-state index contributed by atoms with van der Waals surface area (Å²) in [7, 11) is 0. The van der Waals surface area contributed by atoms with E-state index in [-0.39, 0.29) is 0 Å². The minimum Gasteiger partial charge on any atom is -0.398 e. The highest BCUT2D eigenvalue weighted by Gasteiger charge is 2.08. The second kappa shape index (κ2) is 3.91. The Kier molecular flexibility index (Phi) is 2.79. The van der Waals surface area contributed by atoms with Crippen molar-refractivity contribution in [2.24, 2.45) is 0 Å². The Bertz CT molecular complexity index is 462. The number of anilines is 1. The molecule has 0 unspecified atom stereocenters. The van der Waals surface area contributed by atoms with Crippen molar-refractivity contribution in [1.29, 1.82) is 0 Å². The van der Waals surface area contributed by atoms with Crippen LogP contribution in [0.4, 0.5) is 5.69 Å². The first-order valence-corrected chi connectivity index (χ1v) is 6.61. The van der Waals surface area contributed by atoms with E-state index in [1.165, 1.54) is 21.2 Å². The monoisotopic (exact) mass is 269 g/mol. The van der Waals surface area contributed by atoms with Gasteiger partial charge in [-0.2, -0.15) is 0 Å². The molecule has 3 heteroatoms.